The smallest absolute Gasteiger partial charge is 0.0561 e. The second kappa shape index (κ2) is 12.7. The number of hydrogen-bond acceptors (Lipinski definition) is 2. The molecule has 276 valence electrons. The average molecular weight is 753 g/mol. The molecule has 0 aliphatic heterocycles. The second-order valence-corrected chi connectivity index (χ2v) is 18.3. The Morgan fingerprint density at radius 2 is 1.07 bits per heavy atom. The molecule has 2 aromatic heterocycles. The summed E-state index contributed by atoms with van der Waals surface area (Å²) in [6.07, 6.45) is 2.39. The van der Waals surface area contributed by atoms with Gasteiger partial charge in [-0.25, -0.2) is 0 Å². The molecule has 0 bridgehead atoms. The molecule has 1 aliphatic carbocycles. The number of benzene rings is 8. The van der Waals surface area contributed by atoms with Crippen LogP contribution in [-0.2, 0) is 10.8 Å². The number of fused-ring (bicyclic) bond motifs is 8. The van der Waals surface area contributed by atoms with Crippen molar-refractivity contribution in [3.63, 3.8) is 0 Å². The van der Waals surface area contributed by atoms with Crippen molar-refractivity contribution in [3.8, 4) is 16.8 Å². The van der Waals surface area contributed by atoms with Crippen molar-refractivity contribution < 1.29 is 0 Å². The minimum absolute atomic E-state index is 0.116. The number of hydrogen-bond donors (Lipinski definition) is 0. The third-order valence-corrected chi connectivity index (χ3v) is 14.0. The molecule has 2 heterocycles. The molecule has 11 rings (SSSR count). The second-order valence-electron chi connectivity index (χ2n) is 17.2. The van der Waals surface area contributed by atoms with Crippen LogP contribution in [0.25, 0.3) is 69.6 Å². The highest BCUT2D eigenvalue weighted by Gasteiger charge is 2.37. The van der Waals surface area contributed by atoms with Crippen LogP contribution in [0, 0.1) is 0 Å². The van der Waals surface area contributed by atoms with Gasteiger partial charge < -0.3 is 9.47 Å². The third kappa shape index (κ3) is 5.44. The summed E-state index contributed by atoms with van der Waals surface area (Å²) in [5, 5.41) is 7.68. The summed E-state index contributed by atoms with van der Waals surface area (Å²) in [7, 11) is 0. The molecule has 10 aromatic rings. The summed E-state index contributed by atoms with van der Waals surface area (Å²) in [4.78, 5) is 2.44. The molecular weight excluding hydrogens is 709 g/mol. The number of aromatic nitrogens is 1. The summed E-state index contributed by atoms with van der Waals surface area (Å²) in [5.74, 6) is 0. The van der Waals surface area contributed by atoms with Crippen molar-refractivity contribution in [1.82, 2.24) is 4.57 Å². The first-order chi connectivity index (χ1) is 27.7. The van der Waals surface area contributed by atoms with E-state index in [2.05, 4.69) is 207 Å². The Hall–Kier alpha value is -6.16. The van der Waals surface area contributed by atoms with Gasteiger partial charge in [0.05, 0.1) is 11.0 Å². The molecule has 0 saturated carbocycles. The molecule has 0 atom stereocenters. The largest absolute Gasteiger partial charge is 0.310 e. The average Bonchev–Trinajstić information content (AvgIpc) is 3.78. The lowest BCUT2D eigenvalue weighted by molar-refractivity contribution is 0.332. The summed E-state index contributed by atoms with van der Waals surface area (Å²) in [6.45, 7) is 9.66. The topological polar surface area (TPSA) is 8.17 Å². The van der Waals surface area contributed by atoms with Gasteiger partial charge in [0.2, 0.25) is 0 Å². The maximum absolute atomic E-state index is 2.50. The number of anilines is 3. The van der Waals surface area contributed by atoms with Gasteiger partial charge in [0.1, 0.15) is 0 Å². The van der Waals surface area contributed by atoms with Crippen LogP contribution in [0.15, 0.2) is 170 Å². The summed E-state index contributed by atoms with van der Waals surface area (Å²) in [6, 6.07) is 63.4. The zero-order valence-corrected chi connectivity index (χ0v) is 33.7. The maximum Gasteiger partial charge on any atom is 0.0561 e. The van der Waals surface area contributed by atoms with Gasteiger partial charge in [-0.2, -0.15) is 0 Å². The van der Waals surface area contributed by atoms with E-state index in [4.69, 9.17) is 0 Å². The lowest BCUT2D eigenvalue weighted by Crippen LogP contribution is -2.33. The van der Waals surface area contributed by atoms with E-state index >= 15 is 0 Å². The van der Waals surface area contributed by atoms with E-state index in [-0.39, 0.29) is 10.8 Å². The number of thiophene rings is 1. The lowest BCUT2D eigenvalue weighted by Gasteiger charge is -2.42. The number of nitrogens with zero attached hydrogens (tertiary/aromatic N) is 2. The molecule has 2 nitrogen and oxygen atoms in total. The molecule has 1 aliphatic rings. The summed E-state index contributed by atoms with van der Waals surface area (Å²) in [5.41, 5.74) is 12.8. The van der Waals surface area contributed by atoms with Gasteiger partial charge in [-0.1, -0.05) is 137 Å². The Morgan fingerprint density at radius 3 is 1.89 bits per heavy atom. The fourth-order valence-corrected chi connectivity index (χ4v) is 10.8. The van der Waals surface area contributed by atoms with E-state index in [1.807, 2.05) is 11.3 Å². The molecule has 8 aromatic carbocycles. The van der Waals surface area contributed by atoms with E-state index in [1.165, 1.54) is 93.5 Å². The first-order valence-corrected chi connectivity index (χ1v) is 21.0. The first-order valence-electron chi connectivity index (χ1n) is 20.2. The van der Waals surface area contributed by atoms with Crippen LogP contribution in [0.4, 0.5) is 17.1 Å². The van der Waals surface area contributed by atoms with Crippen LogP contribution < -0.4 is 4.90 Å². The molecular formula is C54H44N2S. The predicted octanol–water partition coefficient (Wildman–Crippen LogP) is 15.8. The molecule has 0 N–H and O–H groups in total. The number of rotatable bonds is 5. The Bertz CT molecular complexity index is 3190. The van der Waals surface area contributed by atoms with Gasteiger partial charge in [0.25, 0.3) is 0 Å². The van der Waals surface area contributed by atoms with Gasteiger partial charge in [-0.05, 0) is 117 Å². The summed E-state index contributed by atoms with van der Waals surface area (Å²) < 4.78 is 5.11. The van der Waals surface area contributed by atoms with Gasteiger partial charge in [0, 0.05) is 53.7 Å². The molecule has 0 unspecified atom stereocenters. The van der Waals surface area contributed by atoms with Crippen molar-refractivity contribution in [2.45, 2.75) is 51.4 Å². The Balaban J connectivity index is 1.12. The first kappa shape index (κ1) is 34.1. The van der Waals surface area contributed by atoms with Gasteiger partial charge >= 0.3 is 0 Å². The predicted molar refractivity (Wildman–Crippen MR) is 247 cm³/mol. The zero-order valence-electron chi connectivity index (χ0n) is 32.9. The van der Waals surface area contributed by atoms with Crippen LogP contribution in [0.1, 0.15) is 51.7 Å². The van der Waals surface area contributed by atoms with Crippen molar-refractivity contribution in [3.05, 3.63) is 181 Å². The third-order valence-electron chi connectivity index (χ3n) is 12.9. The maximum atomic E-state index is 2.50. The molecule has 0 fully saturated rings. The number of para-hydroxylation sites is 1. The fraction of sp³-hybridized carbons (Fsp3) is 0.148. The Kier molecular flexibility index (Phi) is 7.59. The fourth-order valence-electron chi connectivity index (χ4n) is 9.66. The molecule has 0 spiro atoms. The van der Waals surface area contributed by atoms with Crippen molar-refractivity contribution in [2.75, 3.05) is 4.90 Å². The molecule has 0 radical (unpaired) electrons. The van der Waals surface area contributed by atoms with E-state index in [9.17, 15) is 0 Å². The Labute approximate surface area is 338 Å². The highest BCUT2D eigenvalue weighted by Crippen LogP contribution is 2.48. The zero-order chi connectivity index (χ0) is 38.5. The monoisotopic (exact) mass is 752 g/mol. The van der Waals surface area contributed by atoms with Crippen LogP contribution >= 0.6 is 11.3 Å². The van der Waals surface area contributed by atoms with Gasteiger partial charge in [0.15, 0.2) is 0 Å². The van der Waals surface area contributed by atoms with Crippen LogP contribution in [0.5, 0.6) is 0 Å². The molecule has 3 heteroatoms. The Morgan fingerprint density at radius 1 is 0.456 bits per heavy atom. The lowest BCUT2D eigenvalue weighted by atomic mass is 9.63. The normalized spacial score (nSPS) is 14.8. The van der Waals surface area contributed by atoms with Crippen molar-refractivity contribution >= 4 is 81.1 Å². The van der Waals surface area contributed by atoms with Gasteiger partial charge in [-0.3, -0.25) is 0 Å². The minimum Gasteiger partial charge on any atom is -0.310 e. The molecule has 57 heavy (non-hydrogen) atoms. The highest BCUT2D eigenvalue weighted by atomic mass is 32.1. The van der Waals surface area contributed by atoms with Crippen molar-refractivity contribution in [2.24, 2.45) is 0 Å². The van der Waals surface area contributed by atoms with Crippen LogP contribution in [0.2, 0.25) is 0 Å². The standard InChI is InChI=1S/C54H44N2S/c1-53(2)30-31-54(3,4)48-32-38(26-29-47(48)53)56-49-18-9-7-15-43(49)44-27-24-39(33-50(44)56)55(40-25-28-46-45-16-8-10-19-51(45)57-52(46)34-40)37-22-20-36(21-23-37)42-17-11-13-35-12-5-6-14-41(35)42/h5-29,32-34H,30-31H2,1-4H3. The van der Waals surface area contributed by atoms with E-state index in [1.54, 1.807) is 0 Å². The summed E-state index contributed by atoms with van der Waals surface area (Å²) >= 11 is 1.87. The van der Waals surface area contributed by atoms with Crippen molar-refractivity contribution in [1.29, 1.82) is 0 Å². The van der Waals surface area contributed by atoms with E-state index in [0.29, 0.717) is 0 Å². The highest BCUT2D eigenvalue weighted by molar-refractivity contribution is 7.25. The molecule has 0 amide bonds. The van der Waals surface area contributed by atoms with Crippen LogP contribution in [-0.4, -0.2) is 4.57 Å². The molecule has 0 saturated heterocycles. The van der Waals surface area contributed by atoms with E-state index in [0.717, 1.165) is 17.1 Å². The minimum atomic E-state index is 0.116. The quantitative estimate of drug-likeness (QED) is 0.170. The van der Waals surface area contributed by atoms with Gasteiger partial charge in [-0.15, -0.1) is 11.3 Å². The van der Waals surface area contributed by atoms with Crippen LogP contribution in [0.3, 0.4) is 0 Å². The SMILES string of the molecule is CC1(C)CCC(C)(C)c2cc(-n3c4ccccc4c4ccc(N(c5ccc(-c6cccc7ccccc67)cc5)c5ccc6c(c5)sc5ccccc56)cc43)ccc21. The van der Waals surface area contributed by atoms with E-state index < -0.39 is 0 Å².